The first-order valence-corrected chi connectivity index (χ1v) is 5.74. The Morgan fingerprint density at radius 2 is 2.00 bits per heavy atom. The standard InChI is InChI=1S/C7H12F2O3S/c1-6(4-10)2-3-13(11,12)5-7(6,8)9/h10H,2-5H2,1H3. The predicted molar refractivity (Wildman–Crippen MR) is 43.4 cm³/mol. The van der Waals surface area contributed by atoms with E-state index in [1.54, 1.807) is 0 Å². The normalized spacial score (nSPS) is 37.2. The van der Waals surface area contributed by atoms with Crippen molar-refractivity contribution >= 4 is 9.84 Å². The molecule has 1 rings (SSSR count). The quantitative estimate of drug-likeness (QED) is 0.689. The molecule has 0 aromatic carbocycles. The van der Waals surface area contributed by atoms with Crippen LogP contribution in [0.2, 0.25) is 0 Å². The third-order valence-electron chi connectivity index (χ3n) is 2.60. The van der Waals surface area contributed by atoms with Crippen LogP contribution in [-0.2, 0) is 9.84 Å². The van der Waals surface area contributed by atoms with Gasteiger partial charge in [-0.15, -0.1) is 0 Å². The smallest absolute Gasteiger partial charge is 0.269 e. The third-order valence-corrected chi connectivity index (χ3v) is 4.23. The molecule has 78 valence electrons. The fraction of sp³-hybridized carbons (Fsp3) is 1.00. The summed E-state index contributed by atoms with van der Waals surface area (Å²) in [6.45, 7) is 0.525. The van der Waals surface area contributed by atoms with Crippen LogP contribution < -0.4 is 0 Å². The largest absolute Gasteiger partial charge is 0.396 e. The fourth-order valence-electron chi connectivity index (χ4n) is 1.28. The number of alkyl halides is 2. The lowest BCUT2D eigenvalue weighted by Crippen LogP contribution is -2.52. The minimum atomic E-state index is -3.63. The summed E-state index contributed by atoms with van der Waals surface area (Å²) in [5.74, 6) is -4.73. The van der Waals surface area contributed by atoms with Crippen molar-refractivity contribution in [1.29, 1.82) is 0 Å². The lowest BCUT2D eigenvalue weighted by Gasteiger charge is -2.39. The van der Waals surface area contributed by atoms with Gasteiger partial charge in [-0.05, 0) is 6.42 Å². The van der Waals surface area contributed by atoms with E-state index in [0.29, 0.717) is 0 Å². The first-order chi connectivity index (χ1) is 5.72. The Labute approximate surface area is 75.7 Å². The fourth-order valence-corrected chi connectivity index (χ4v) is 3.09. The molecular formula is C7H12F2O3S. The zero-order chi connectivity index (χ0) is 10.3. The summed E-state index contributed by atoms with van der Waals surface area (Å²) in [6, 6.07) is 0. The highest BCUT2D eigenvalue weighted by molar-refractivity contribution is 7.91. The Hall–Kier alpha value is -0.230. The summed E-state index contributed by atoms with van der Waals surface area (Å²) in [6.07, 6.45) is -0.182. The van der Waals surface area contributed by atoms with Gasteiger partial charge < -0.3 is 5.11 Å². The molecule has 0 aromatic rings. The summed E-state index contributed by atoms with van der Waals surface area (Å²) in [5, 5.41) is 8.78. The van der Waals surface area contributed by atoms with Gasteiger partial charge in [0.05, 0.1) is 17.8 Å². The van der Waals surface area contributed by atoms with Crippen molar-refractivity contribution in [3.8, 4) is 0 Å². The number of hydrogen-bond donors (Lipinski definition) is 1. The second kappa shape index (κ2) is 2.88. The van der Waals surface area contributed by atoms with Crippen molar-refractivity contribution in [2.75, 3.05) is 18.1 Å². The molecule has 13 heavy (non-hydrogen) atoms. The lowest BCUT2D eigenvalue weighted by atomic mass is 9.82. The van der Waals surface area contributed by atoms with E-state index in [-0.39, 0.29) is 12.2 Å². The van der Waals surface area contributed by atoms with E-state index in [1.165, 1.54) is 6.92 Å². The molecule has 1 heterocycles. The second-order valence-electron chi connectivity index (χ2n) is 3.77. The van der Waals surface area contributed by atoms with Gasteiger partial charge in [-0.25, -0.2) is 17.2 Å². The minimum Gasteiger partial charge on any atom is -0.396 e. The van der Waals surface area contributed by atoms with Gasteiger partial charge in [0.2, 0.25) is 0 Å². The van der Waals surface area contributed by atoms with Crippen LogP contribution >= 0.6 is 0 Å². The van der Waals surface area contributed by atoms with Crippen LogP contribution in [0.4, 0.5) is 8.78 Å². The van der Waals surface area contributed by atoms with Crippen LogP contribution in [0, 0.1) is 5.41 Å². The van der Waals surface area contributed by atoms with Crippen molar-refractivity contribution < 1.29 is 22.3 Å². The van der Waals surface area contributed by atoms with Crippen LogP contribution in [0.25, 0.3) is 0 Å². The van der Waals surface area contributed by atoms with Crippen molar-refractivity contribution in [2.45, 2.75) is 19.3 Å². The molecule has 0 amide bonds. The van der Waals surface area contributed by atoms with Gasteiger partial charge in [0.25, 0.3) is 5.92 Å². The number of halogens is 2. The van der Waals surface area contributed by atoms with Gasteiger partial charge in [0.1, 0.15) is 5.75 Å². The Bertz CT molecular complexity index is 299. The Morgan fingerprint density at radius 1 is 1.46 bits per heavy atom. The Kier molecular flexibility index (Phi) is 2.40. The minimum absolute atomic E-state index is 0.182. The van der Waals surface area contributed by atoms with Crippen molar-refractivity contribution in [3.63, 3.8) is 0 Å². The second-order valence-corrected chi connectivity index (χ2v) is 5.95. The van der Waals surface area contributed by atoms with E-state index in [0.717, 1.165) is 0 Å². The molecule has 0 spiro atoms. The van der Waals surface area contributed by atoms with Gasteiger partial charge in [0, 0.05) is 0 Å². The first-order valence-electron chi connectivity index (χ1n) is 3.92. The van der Waals surface area contributed by atoms with Crippen LogP contribution in [0.3, 0.4) is 0 Å². The van der Waals surface area contributed by atoms with Gasteiger partial charge in [-0.2, -0.15) is 0 Å². The maximum Gasteiger partial charge on any atom is 0.269 e. The van der Waals surface area contributed by atoms with E-state index >= 15 is 0 Å². The molecule has 1 saturated heterocycles. The van der Waals surface area contributed by atoms with E-state index in [2.05, 4.69) is 0 Å². The average molecular weight is 214 g/mol. The lowest BCUT2D eigenvalue weighted by molar-refractivity contribution is -0.122. The molecule has 6 heteroatoms. The maximum absolute atomic E-state index is 13.2. The zero-order valence-electron chi connectivity index (χ0n) is 7.26. The van der Waals surface area contributed by atoms with Crippen LogP contribution in [0.15, 0.2) is 0 Å². The third kappa shape index (κ3) is 1.83. The number of hydrogen-bond acceptors (Lipinski definition) is 3. The molecule has 0 radical (unpaired) electrons. The summed E-state index contributed by atoms with van der Waals surface area (Å²) in [5.41, 5.74) is -1.58. The molecule has 0 saturated carbocycles. The predicted octanol–water partition coefficient (Wildman–Crippen LogP) is 0.439. The first kappa shape index (κ1) is 10.8. The number of sulfone groups is 1. The van der Waals surface area contributed by atoms with Crippen molar-refractivity contribution in [1.82, 2.24) is 0 Å². The Balaban J connectivity index is 2.98. The highest BCUT2D eigenvalue weighted by atomic mass is 32.2. The monoisotopic (exact) mass is 214 g/mol. The molecule has 1 fully saturated rings. The summed E-state index contributed by atoms with van der Waals surface area (Å²) in [4.78, 5) is 0. The van der Waals surface area contributed by atoms with Crippen LogP contribution in [0.1, 0.15) is 13.3 Å². The van der Waals surface area contributed by atoms with E-state index in [9.17, 15) is 17.2 Å². The zero-order valence-corrected chi connectivity index (χ0v) is 8.07. The number of rotatable bonds is 1. The average Bonchev–Trinajstić information content (AvgIpc) is 1.96. The molecular weight excluding hydrogens is 202 g/mol. The molecule has 0 aliphatic carbocycles. The van der Waals surface area contributed by atoms with Gasteiger partial charge in [-0.1, -0.05) is 6.92 Å². The van der Waals surface area contributed by atoms with Crippen molar-refractivity contribution in [2.24, 2.45) is 5.41 Å². The van der Waals surface area contributed by atoms with E-state index in [4.69, 9.17) is 5.11 Å². The molecule has 0 aromatic heterocycles. The van der Waals surface area contributed by atoms with Crippen LogP contribution in [-0.4, -0.2) is 37.6 Å². The van der Waals surface area contributed by atoms with Crippen molar-refractivity contribution in [3.05, 3.63) is 0 Å². The van der Waals surface area contributed by atoms with Gasteiger partial charge >= 0.3 is 0 Å². The topological polar surface area (TPSA) is 54.4 Å². The molecule has 1 aliphatic rings. The SMILES string of the molecule is CC1(CO)CCS(=O)(=O)CC1(F)F. The maximum atomic E-state index is 13.2. The molecule has 0 bridgehead atoms. The van der Waals surface area contributed by atoms with Crippen LogP contribution in [0.5, 0.6) is 0 Å². The molecule has 1 N–H and O–H groups in total. The molecule has 1 unspecified atom stereocenters. The highest BCUT2D eigenvalue weighted by Crippen LogP contribution is 2.43. The summed E-state index contributed by atoms with van der Waals surface area (Å²) < 4.78 is 48.2. The number of aliphatic hydroxyl groups excluding tert-OH is 1. The summed E-state index contributed by atoms with van der Waals surface area (Å²) in [7, 11) is -3.63. The molecule has 1 aliphatic heterocycles. The van der Waals surface area contributed by atoms with E-state index in [1.807, 2.05) is 0 Å². The molecule has 1 atom stereocenters. The van der Waals surface area contributed by atoms with E-state index < -0.39 is 33.5 Å². The van der Waals surface area contributed by atoms with Gasteiger partial charge in [-0.3, -0.25) is 0 Å². The highest BCUT2D eigenvalue weighted by Gasteiger charge is 2.55. The number of aliphatic hydroxyl groups is 1. The molecule has 3 nitrogen and oxygen atoms in total. The Morgan fingerprint density at radius 3 is 2.38 bits per heavy atom. The van der Waals surface area contributed by atoms with Gasteiger partial charge in [0.15, 0.2) is 9.84 Å². The summed E-state index contributed by atoms with van der Waals surface area (Å²) >= 11 is 0.